The molecule has 0 heterocycles. The lowest BCUT2D eigenvalue weighted by Gasteiger charge is -2.06. The summed E-state index contributed by atoms with van der Waals surface area (Å²) in [4.78, 5) is 19.7. The number of carbonyl (C=O) groups excluding carboxylic acids is 2. The van der Waals surface area contributed by atoms with Gasteiger partial charge >= 0.3 is 0 Å². The zero-order valence-electron chi connectivity index (χ0n) is 4.52. The Hall–Kier alpha value is -0.780. The maximum Gasteiger partial charge on any atom is 0.216 e. The highest BCUT2D eigenvalue weighted by Gasteiger charge is 2.18. The predicted molar refractivity (Wildman–Crippen MR) is 27.3 cm³/mol. The zero-order chi connectivity index (χ0) is 7.44. The highest BCUT2D eigenvalue weighted by atomic mass is 16.5. The van der Waals surface area contributed by atoms with E-state index in [1.165, 1.54) is 0 Å². The van der Waals surface area contributed by atoms with Gasteiger partial charge in [-0.25, -0.2) is 0 Å². The second-order valence-electron chi connectivity index (χ2n) is 1.46. The van der Waals surface area contributed by atoms with Crippen LogP contribution in [0.15, 0.2) is 0 Å². The largest absolute Gasteiger partial charge is 0.366 e. The van der Waals surface area contributed by atoms with Crippen LogP contribution in [-0.2, 0) is 9.59 Å². The minimum absolute atomic E-state index is 0.0515. The van der Waals surface area contributed by atoms with Crippen molar-refractivity contribution in [2.24, 2.45) is 5.73 Å². The number of rotatable bonds is 3. The average Bonchev–Trinajstić information content (AvgIpc) is 1.84. The van der Waals surface area contributed by atoms with Gasteiger partial charge in [-0.15, -0.1) is 0 Å². The van der Waals surface area contributed by atoms with Crippen LogP contribution in [0.25, 0.3) is 0 Å². The van der Waals surface area contributed by atoms with Gasteiger partial charge in [-0.05, 0) is 0 Å². The fourth-order valence-corrected chi connectivity index (χ4v) is 0.225. The lowest BCUT2D eigenvalue weighted by molar-refractivity contribution is -0.138. The van der Waals surface area contributed by atoms with Gasteiger partial charge < -0.3 is 15.9 Å². The van der Waals surface area contributed by atoms with E-state index in [-0.39, 0.29) is 6.29 Å². The van der Waals surface area contributed by atoms with Crippen LogP contribution >= 0.6 is 0 Å². The van der Waals surface area contributed by atoms with E-state index in [0.717, 1.165) is 0 Å². The van der Waals surface area contributed by atoms with E-state index in [1.54, 1.807) is 0 Å². The fourth-order valence-electron chi connectivity index (χ4n) is 0.225. The van der Waals surface area contributed by atoms with Crippen molar-refractivity contribution in [2.45, 2.75) is 12.3 Å². The average molecular weight is 133 g/mol. The minimum atomic E-state index is -1.96. The summed E-state index contributed by atoms with van der Waals surface area (Å²) in [5.41, 5.74) is 4.79. The van der Waals surface area contributed by atoms with Crippen LogP contribution in [0.2, 0.25) is 0 Å². The van der Waals surface area contributed by atoms with E-state index in [1.807, 2.05) is 0 Å². The highest BCUT2D eigenvalue weighted by Crippen LogP contribution is 1.83. The molecule has 52 valence electrons. The van der Waals surface area contributed by atoms with Gasteiger partial charge in [0.1, 0.15) is 6.04 Å². The normalized spacial score (nSPS) is 13.3. The third-order valence-corrected chi connectivity index (χ3v) is 0.766. The minimum Gasteiger partial charge on any atom is -0.366 e. The smallest absolute Gasteiger partial charge is 0.216 e. The Morgan fingerprint density at radius 1 is 1.56 bits per heavy atom. The summed E-state index contributed by atoms with van der Waals surface area (Å²) in [5, 5.41) is 16.3. The van der Waals surface area contributed by atoms with Crippen molar-refractivity contribution in [1.29, 1.82) is 0 Å². The molecule has 0 spiro atoms. The molecule has 5 heteroatoms. The number of Topliss-reactive ketones (excluding diaryl/α,β-unsaturated/α-hetero) is 1. The first-order valence-electron chi connectivity index (χ1n) is 2.20. The monoisotopic (exact) mass is 133 g/mol. The Labute approximate surface area is 51.1 Å². The van der Waals surface area contributed by atoms with Crippen molar-refractivity contribution in [3.63, 3.8) is 0 Å². The van der Waals surface area contributed by atoms with Crippen LogP contribution < -0.4 is 5.73 Å². The number of aldehydes is 1. The molecule has 0 fully saturated rings. The molecular formula is C4H7NO4. The van der Waals surface area contributed by atoms with Gasteiger partial charge in [0.25, 0.3) is 0 Å². The van der Waals surface area contributed by atoms with Gasteiger partial charge in [-0.2, -0.15) is 0 Å². The summed E-state index contributed by atoms with van der Waals surface area (Å²) in [5.74, 6) is -1.02. The number of hydrogen-bond acceptors (Lipinski definition) is 5. The van der Waals surface area contributed by atoms with Crippen LogP contribution in [0.1, 0.15) is 0 Å². The summed E-state index contributed by atoms with van der Waals surface area (Å²) in [7, 11) is 0. The van der Waals surface area contributed by atoms with Crippen molar-refractivity contribution in [3.05, 3.63) is 0 Å². The molecule has 9 heavy (non-hydrogen) atoms. The SMILES string of the molecule is NC(C(=O)C=O)C(O)O. The van der Waals surface area contributed by atoms with E-state index >= 15 is 0 Å². The first-order valence-corrected chi connectivity index (χ1v) is 2.20. The molecule has 1 atom stereocenters. The van der Waals surface area contributed by atoms with Crippen LogP contribution in [0.5, 0.6) is 0 Å². The number of nitrogens with two attached hydrogens (primary N) is 1. The van der Waals surface area contributed by atoms with Crippen LogP contribution in [0.3, 0.4) is 0 Å². The molecule has 0 aliphatic carbocycles. The molecular weight excluding hydrogens is 126 g/mol. The summed E-state index contributed by atoms with van der Waals surface area (Å²) >= 11 is 0. The molecule has 0 aliphatic heterocycles. The molecule has 0 aromatic heterocycles. The molecule has 0 aliphatic rings. The van der Waals surface area contributed by atoms with Gasteiger partial charge in [0.15, 0.2) is 12.6 Å². The first kappa shape index (κ1) is 8.22. The first-order chi connectivity index (χ1) is 4.09. The number of aliphatic hydroxyl groups is 2. The van der Waals surface area contributed by atoms with Crippen molar-refractivity contribution < 1.29 is 19.8 Å². The van der Waals surface area contributed by atoms with E-state index in [9.17, 15) is 9.59 Å². The second kappa shape index (κ2) is 3.29. The molecule has 0 saturated heterocycles. The van der Waals surface area contributed by atoms with Crippen molar-refractivity contribution in [1.82, 2.24) is 0 Å². The van der Waals surface area contributed by atoms with Crippen LogP contribution in [0, 0.1) is 0 Å². The van der Waals surface area contributed by atoms with E-state index in [4.69, 9.17) is 15.9 Å². The molecule has 0 aromatic carbocycles. The van der Waals surface area contributed by atoms with Gasteiger partial charge in [0.05, 0.1) is 0 Å². The van der Waals surface area contributed by atoms with E-state index in [0.29, 0.717) is 0 Å². The van der Waals surface area contributed by atoms with Crippen LogP contribution in [-0.4, -0.2) is 34.6 Å². The third-order valence-electron chi connectivity index (χ3n) is 0.766. The van der Waals surface area contributed by atoms with Crippen LogP contribution in [0.4, 0.5) is 0 Å². The molecule has 0 radical (unpaired) electrons. The maximum absolute atomic E-state index is 10.1. The lowest BCUT2D eigenvalue weighted by atomic mass is 10.2. The van der Waals surface area contributed by atoms with Gasteiger partial charge in [0, 0.05) is 0 Å². The summed E-state index contributed by atoms with van der Waals surface area (Å²) in [6.07, 6.45) is -2.01. The Morgan fingerprint density at radius 2 is 2.00 bits per heavy atom. The standard InChI is InChI=1S/C4H7NO4/c5-3(4(8)9)2(7)1-6/h1,3-4,8-9H,5H2. The van der Waals surface area contributed by atoms with Crippen molar-refractivity contribution in [2.75, 3.05) is 0 Å². The summed E-state index contributed by atoms with van der Waals surface area (Å²) < 4.78 is 0. The third kappa shape index (κ3) is 2.31. The molecule has 0 saturated carbocycles. The molecule has 5 nitrogen and oxygen atoms in total. The molecule has 0 bridgehead atoms. The second-order valence-corrected chi connectivity index (χ2v) is 1.46. The summed E-state index contributed by atoms with van der Waals surface area (Å²) in [6.45, 7) is 0. The Morgan fingerprint density at radius 3 is 2.11 bits per heavy atom. The fraction of sp³-hybridized carbons (Fsp3) is 0.500. The van der Waals surface area contributed by atoms with Gasteiger partial charge in [-0.3, -0.25) is 9.59 Å². The number of ketones is 1. The maximum atomic E-state index is 10.1. The molecule has 0 amide bonds. The topological polar surface area (TPSA) is 101 Å². The number of hydrogen-bond donors (Lipinski definition) is 3. The predicted octanol–water partition coefficient (Wildman–Crippen LogP) is -2.61. The number of carbonyl (C=O) groups is 2. The van der Waals surface area contributed by atoms with E-state index in [2.05, 4.69) is 0 Å². The Balaban J connectivity index is 3.87. The zero-order valence-corrected chi connectivity index (χ0v) is 4.52. The van der Waals surface area contributed by atoms with E-state index < -0.39 is 18.1 Å². The van der Waals surface area contributed by atoms with Crippen molar-refractivity contribution in [3.8, 4) is 0 Å². The number of aliphatic hydroxyl groups excluding tert-OH is 1. The van der Waals surface area contributed by atoms with Crippen molar-refractivity contribution >= 4 is 12.1 Å². The molecule has 1 unspecified atom stereocenters. The molecule has 4 N–H and O–H groups in total. The molecule has 0 rings (SSSR count). The Bertz CT molecular complexity index is 122. The lowest BCUT2D eigenvalue weighted by Crippen LogP contribution is -2.42. The quantitative estimate of drug-likeness (QED) is 0.222. The summed E-state index contributed by atoms with van der Waals surface area (Å²) in [6, 6.07) is -1.51. The van der Waals surface area contributed by atoms with Gasteiger partial charge in [-0.1, -0.05) is 0 Å². The Kier molecular flexibility index (Phi) is 3.00. The highest BCUT2D eigenvalue weighted by molar-refractivity contribution is 6.27. The van der Waals surface area contributed by atoms with Gasteiger partial charge in [0.2, 0.25) is 5.78 Å². The molecule has 0 aromatic rings.